The van der Waals surface area contributed by atoms with Crippen LogP contribution in [0.5, 0.6) is 0 Å². The van der Waals surface area contributed by atoms with Gasteiger partial charge in [0.25, 0.3) is 0 Å². The number of ketones is 1. The minimum Gasteiger partial charge on any atom is -0.445 e. The Kier molecular flexibility index (Phi) is 9.42. The Bertz CT molecular complexity index is 1100. The molecule has 186 valence electrons. The van der Waals surface area contributed by atoms with E-state index in [1.807, 2.05) is 37.3 Å². The van der Waals surface area contributed by atoms with Crippen molar-refractivity contribution in [3.05, 3.63) is 65.2 Å². The molecule has 1 heterocycles. The van der Waals surface area contributed by atoms with Gasteiger partial charge in [-0.1, -0.05) is 83.1 Å². The Morgan fingerprint density at radius 2 is 1.66 bits per heavy atom. The number of hydrogen-bond acceptors (Lipinski definition) is 7. The predicted molar refractivity (Wildman–Crippen MR) is 135 cm³/mol. The first kappa shape index (κ1) is 26.4. The topological polar surface area (TPSA) is 99.0 Å². The molecule has 1 atom stereocenters. The Labute approximate surface area is 210 Å². The predicted octanol–water partition coefficient (Wildman–Crippen LogP) is 5.35. The second-order valence-corrected chi connectivity index (χ2v) is 9.89. The van der Waals surface area contributed by atoms with Crippen LogP contribution in [-0.2, 0) is 22.7 Å². The minimum atomic E-state index is -0.699. The summed E-state index contributed by atoms with van der Waals surface area (Å²) in [6.07, 6.45) is -0.210. The van der Waals surface area contributed by atoms with Crippen molar-refractivity contribution in [2.45, 2.75) is 82.1 Å². The quantitative estimate of drug-likeness (QED) is 0.383. The van der Waals surface area contributed by atoms with Crippen molar-refractivity contribution >= 4 is 23.6 Å². The molecule has 0 bridgehead atoms. The fourth-order valence-electron chi connectivity index (χ4n) is 3.60. The van der Waals surface area contributed by atoms with Gasteiger partial charge in [0.15, 0.2) is 5.78 Å². The van der Waals surface area contributed by atoms with Crippen LogP contribution in [0.1, 0.15) is 69.6 Å². The van der Waals surface area contributed by atoms with Crippen LogP contribution < -0.4 is 5.32 Å². The second-order valence-electron chi connectivity index (χ2n) is 8.91. The average Bonchev–Trinajstić information content (AvgIpc) is 3.28. The summed E-state index contributed by atoms with van der Waals surface area (Å²) in [5.41, 5.74) is 3.34. The number of Topliss-reactive ketones (excluding diaryl/α,β-unsaturated/α-hetero) is 1. The van der Waals surface area contributed by atoms with Gasteiger partial charge in [-0.15, -0.1) is 10.2 Å². The fourth-order valence-corrected chi connectivity index (χ4v) is 4.83. The summed E-state index contributed by atoms with van der Waals surface area (Å²) in [5.74, 6) is 0.486. The Morgan fingerprint density at radius 3 is 2.26 bits per heavy atom. The van der Waals surface area contributed by atoms with Crippen molar-refractivity contribution in [1.29, 1.82) is 0 Å². The van der Waals surface area contributed by atoms with Gasteiger partial charge in [-0.3, -0.25) is 4.79 Å². The van der Waals surface area contributed by atoms with E-state index in [1.54, 1.807) is 0 Å². The summed E-state index contributed by atoms with van der Waals surface area (Å²) in [4.78, 5) is 27.4. The second kappa shape index (κ2) is 12.5. The standard InChI is InChI=1S/C26H33N5O3S/c1-6-22(27-26(33)34-16-19-11-8-7-9-12-19)23(32)15-31-29-25(28-30-31)35-24-20(17(2)3)13-10-14-21(24)18(4)5/h7-14,17-18,22H,6,15-16H2,1-5H3,(H,27,33). The van der Waals surface area contributed by atoms with E-state index in [2.05, 4.69) is 66.6 Å². The number of alkyl carbamates (subject to hydrolysis) is 1. The number of carbonyl (C=O) groups is 2. The van der Waals surface area contributed by atoms with Gasteiger partial charge in [0, 0.05) is 4.90 Å². The highest BCUT2D eigenvalue weighted by Gasteiger charge is 2.22. The molecule has 0 spiro atoms. The van der Waals surface area contributed by atoms with Crippen molar-refractivity contribution in [2.24, 2.45) is 0 Å². The summed E-state index contributed by atoms with van der Waals surface area (Å²) in [7, 11) is 0. The smallest absolute Gasteiger partial charge is 0.408 e. The average molecular weight is 496 g/mol. The van der Waals surface area contributed by atoms with Crippen molar-refractivity contribution in [1.82, 2.24) is 25.5 Å². The lowest BCUT2D eigenvalue weighted by Crippen LogP contribution is -2.42. The Balaban J connectivity index is 1.62. The zero-order valence-corrected chi connectivity index (χ0v) is 21.7. The normalized spacial score (nSPS) is 12.1. The molecule has 0 aliphatic rings. The van der Waals surface area contributed by atoms with Gasteiger partial charge in [0.1, 0.15) is 13.2 Å². The highest BCUT2D eigenvalue weighted by atomic mass is 32.2. The molecule has 2 aromatic carbocycles. The van der Waals surface area contributed by atoms with Crippen LogP contribution in [0.4, 0.5) is 4.79 Å². The number of ether oxygens (including phenoxy) is 1. The fraction of sp³-hybridized carbons (Fsp3) is 0.423. The maximum atomic E-state index is 12.8. The molecule has 0 radical (unpaired) electrons. The van der Waals surface area contributed by atoms with E-state index in [9.17, 15) is 9.59 Å². The molecule has 3 rings (SSSR count). The summed E-state index contributed by atoms with van der Waals surface area (Å²) >= 11 is 1.47. The molecule has 1 unspecified atom stereocenters. The molecular weight excluding hydrogens is 462 g/mol. The molecule has 0 fully saturated rings. The van der Waals surface area contributed by atoms with Gasteiger partial charge in [-0.2, -0.15) is 4.80 Å². The van der Waals surface area contributed by atoms with E-state index >= 15 is 0 Å². The van der Waals surface area contributed by atoms with E-state index in [0.29, 0.717) is 23.4 Å². The molecule has 0 aliphatic carbocycles. The van der Waals surface area contributed by atoms with Crippen molar-refractivity contribution in [3.63, 3.8) is 0 Å². The van der Waals surface area contributed by atoms with Crippen LogP contribution in [-0.4, -0.2) is 38.1 Å². The third-order valence-electron chi connectivity index (χ3n) is 5.55. The van der Waals surface area contributed by atoms with Crippen LogP contribution in [0.3, 0.4) is 0 Å². The molecule has 0 saturated carbocycles. The van der Waals surface area contributed by atoms with Gasteiger partial charge in [-0.25, -0.2) is 4.79 Å². The summed E-state index contributed by atoms with van der Waals surface area (Å²) in [6, 6.07) is 15.0. The first-order valence-electron chi connectivity index (χ1n) is 11.9. The largest absolute Gasteiger partial charge is 0.445 e. The summed E-state index contributed by atoms with van der Waals surface area (Å²) in [6.45, 7) is 10.5. The van der Waals surface area contributed by atoms with E-state index < -0.39 is 12.1 Å². The maximum Gasteiger partial charge on any atom is 0.408 e. The number of carbonyl (C=O) groups excluding carboxylic acids is 2. The number of rotatable bonds is 11. The maximum absolute atomic E-state index is 12.8. The van der Waals surface area contributed by atoms with Crippen molar-refractivity contribution < 1.29 is 14.3 Å². The molecule has 35 heavy (non-hydrogen) atoms. The van der Waals surface area contributed by atoms with Gasteiger partial charge < -0.3 is 10.1 Å². The molecular formula is C26H33N5O3S. The molecule has 8 nitrogen and oxygen atoms in total. The van der Waals surface area contributed by atoms with E-state index in [4.69, 9.17) is 4.74 Å². The third-order valence-corrected chi connectivity index (χ3v) is 6.57. The number of aromatic nitrogens is 4. The van der Waals surface area contributed by atoms with E-state index in [1.165, 1.54) is 27.7 Å². The van der Waals surface area contributed by atoms with Crippen LogP contribution in [0.25, 0.3) is 0 Å². The minimum absolute atomic E-state index is 0.0894. The number of hydrogen-bond donors (Lipinski definition) is 1. The van der Waals surface area contributed by atoms with Crippen LogP contribution in [0, 0.1) is 0 Å². The molecule has 0 aliphatic heterocycles. The number of nitrogens with zero attached hydrogens (tertiary/aromatic N) is 4. The van der Waals surface area contributed by atoms with Crippen molar-refractivity contribution in [2.75, 3.05) is 0 Å². The third kappa shape index (κ3) is 7.39. The highest BCUT2D eigenvalue weighted by Crippen LogP contribution is 2.37. The number of amides is 1. The van der Waals surface area contributed by atoms with Crippen LogP contribution in [0.15, 0.2) is 58.6 Å². The number of tetrazole rings is 1. The Morgan fingerprint density at radius 1 is 1.00 bits per heavy atom. The van der Waals surface area contributed by atoms with Crippen LogP contribution >= 0.6 is 11.8 Å². The first-order chi connectivity index (χ1) is 16.8. The number of benzene rings is 2. The van der Waals surface area contributed by atoms with Gasteiger partial charge in [-0.05, 0) is 51.9 Å². The summed E-state index contributed by atoms with van der Waals surface area (Å²) in [5, 5.41) is 15.7. The zero-order valence-electron chi connectivity index (χ0n) is 20.9. The van der Waals surface area contributed by atoms with Crippen LogP contribution in [0.2, 0.25) is 0 Å². The van der Waals surface area contributed by atoms with E-state index in [-0.39, 0.29) is 18.9 Å². The van der Waals surface area contributed by atoms with Gasteiger partial charge in [0.05, 0.1) is 6.04 Å². The SMILES string of the molecule is CCC(NC(=O)OCc1ccccc1)C(=O)Cn1nnc(Sc2c(C(C)C)cccc2C(C)C)n1. The highest BCUT2D eigenvalue weighted by molar-refractivity contribution is 7.99. The van der Waals surface area contributed by atoms with Gasteiger partial charge >= 0.3 is 6.09 Å². The van der Waals surface area contributed by atoms with Crippen molar-refractivity contribution in [3.8, 4) is 0 Å². The molecule has 0 saturated heterocycles. The number of nitrogens with one attached hydrogen (secondary N) is 1. The molecule has 1 N–H and O–H groups in total. The molecule has 9 heteroatoms. The lowest BCUT2D eigenvalue weighted by atomic mass is 9.95. The molecule has 1 aromatic heterocycles. The van der Waals surface area contributed by atoms with Gasteiger partial charge in [0.2, 0.25) is 5.16 Å². The molecule has 3 aromatic rings. The lowest BCUT2D eigenvalue weighted by molar-refractivity contribution is -0.122. The lowest BCUT2D eigenvalue weighted by Gasteiger charge is -2.17. The molecule has 1 amide bonds. The monoisotopic (exact) mass is 495 g/mol. The van der Waals surface area contributed by atoms with E-state index in [0.717, 1.165) is 10.5 Å². The zero-order chi connectivity index (χ0) is 25.4. The summed E-state index contributed by atoms with van der Waals surface area (Å²) < 4.78 is 5.24. The Hall–Kier alpha value is -3.20. The first-order valence-corrected chi connectivity index (χ1v) is 12.7.